The summed E-state index contributed by atoms with van der Waals surface area (Å²) < 4.78 is 0. The van der Waals surface area contributed by atoms with E-state index in [0.717, 1.165) is 0 Å². The van der Waals surface area contributed by atoms with E-state index in [1.807, 2.05) is 13.8 Å². The Morgan fingerprint density at radius 3 is 1.16 bits per heavy atom. The van der Waals surface area contributed by atoms with E-state index < -0.39 is 24.8 Å². The molecule has 0 atom stereocenters. The fourth-order valence-electron chi connectivity index (χ4n) is 1.06. The van der Waals surface area contributed by atoms with Gasteiger partial charge in [-0.15, -0.1) is 0 Å². The first kappa shape index (κ1) is 22.9. The third-order valence-electron chi connectivity index (χ3n) is 1.74. The minimum atomic E-state index is -1.28. The number of aliphatic carboxylic acids is 2. The molecule has 110 valence electrons. The van der Waals surface area contributed by atoms with Crippen LogP contribution in [0.25, 0.3) is 0 Å². The Morgan fingerprint density at radius 1 is 0.737 bits per heavy atom. The van der Waals surface area contributed by atoms with Crippen LogP contribution >= 0.6 is 0 Å². The van der Waals surface area contributed by atoms with Gasteiger partial charge in [-0.2, -0.15) is 0 Å². The van der Waals surface area contributed by atoms with Gasteiger partial charge in [0.15, 0.2) is 0 Å². The molecule has 0 aromatic rings. The summed E-state index contributed by atoms with van der Waals surface area (Å²) in [5.74, 6) is -3.07. The first-order valence-electron chi connectivity index (χ1n) is 5.76. The zero-order valence-electron chi connectivity index (χ0n) is 11.0. The molecule has 0 aromatic carbocycles. The smallest absolute Gasteiger partial charge is 0.550 e. The predicted molar refractivity (Wildman–Crippen MR) is 59.1 cm³/mol. The van der Waals surface area contributed by atoms with E-state index >= 15 is 0 Å². The van der Waals surface area contributed by atoms with E-state index in [4.69, 9.17) is 0 Å². The van der Waals surface area contributed by atoms with Crippen molar-refractivity contribution in [3.05, 3.63) is 0 Å². The van der Waals surface area contributed by atoms with Crippen LogP contribution in [0, 0.1) is 0 Å². The molecule has 0 aliphatic rings. The number of Topliss-reactive ketones (excluding diaryl/α,β-unsaturated/α-hetero) is 2. The van der Waals surface area contributed by atoms with Crippen molar-refractivity contribution in [2.24, 2.45) is 0 Å². The second kappa shape index (κ2) is 14.9. The second-order valence-corrected chi connectivity index (χ2v) is 3.67. The van der Waals surface area contributed by atoms with Gasteiger partial charge in [-0.25, -0.2) is 0 Å². The Kier molecular flexibility index (Phi) is 17.9. The number of ketones is 2. The topological polar surface area (TPSA) is 114 Å². The molecule has 19 heavy (non-hydrogen) atoms. The first-order valence-corrected chi connectivity index (χ1v) is 5.76. The molecule has 7 heteroatoms. The summed E-state index contributed by atoms with van der Waals surface area (Å²) in [6.07, 6.45) is 1.21. The van der Waals surface area contributed by atoms with Gasteiger partial charge in [0.2, 0.25) is 0 Å². The largest absolute Gasteiger partial charge is 2.00 e. The Labute approximate surface area is 123 Å². The molecule has 0 aliphatic carbocycles. The summed E-state index contributed by atoms with van der Waals surface area (Å²) in [4.78, 5) is 40.4. The quantitative estimate of drug-likeness (QED) is 0.419. The van der Waals surface area contributed by atoms with E-state index in [1.54, 1.807) is 0 Å². The van der Waals surface area contributed by atoms with E-state index in [-0.39, 0.29) is 28.6 Å². The van der Waals surface area contributed by atoms with Crippen LogP contribution in [0.15, 0.2) is 0 Å². The zero-order valence-corrected chi connectivity index (χ0v) is 12.1. The third-order valence-corrected chi connectivity index (χ3v) is 1.74. The molecule has 0 spiro atoms. The average molecular weight is 314 g/mol. The van der Waals surface area contributed by atoms with E-state index in [1.165, 1.54) is 0 Å². The van der Waals surface area contributed by atoms with Gasteiger partial charge in [-0.1, -0.05) is 13.8 Å². The second-order valence-electron chi connectivity index (χ2n) is 3.67. The van der Waals surface area contributed by atoms with E-state index in [0.29, 0.717) is 25.7 Å². The van der Waals surface area contributed by atoms with Gasteiger partial charge in [0, 0.05) is 37.6 Å². The van der Waals surface area contributed by atoms with Crippen molar-refractivity contribution in [3.63, 3.8) is 0 Å². The zero-order chi connectivity index (χ0) is 14.6. The molecular formula is C12H18FeO6. The number of carboxylic acids is 2. The summed E-state index contributed by atoms with van der Waals surface area (Å²) in [7, 11) is 0. The standard InChI is InChI=1S/2C6H10O3.Fe/c2*1-2-3-5(7)4-6(8)9;/h2*2-4H2,1H3,(H,8,9);/q;;+2/p-2. The molecule has 6 nitrogen and oxygen atoms in total. The third kappa shape index (κ3) is 22.5. The molecule has 0 unspecified atom stereocenters. The summed E-state index contributed by atoms with van der Waals surface area (Å²) in [5, 5.41) is 19.5. The summed E-state index contributed by atoms with van der Waals surface area (Å²) in [5.41, 5.74) is 0. The van der Waals surface area contributed by atoms with Crippen LogP contribution in [0.1, 0.15) is 52.4 Å². The number of carbonyl (C=O) groups excluding carboxylic acids is 4. The molecule has 0 saturated heterocycles. The number of carbonyl (C=O) groups is 4. The Bertz CT molecular complexity index is 271. The van der Waals surface area contributed by atoms with Gasteiger partial charge in [0.05, 0.1) is 0 Å². The molecular weight excluding hydrogens is 296 g/mol. The van der Waals surface area contributed by atoms with Crippen LogP contribution in [-0.4, -0.2) is 23.5 Å². The maximum atomic E-state index is 10.4. The van der Waals surface area contributed by atoms with E-state index in [2.05, 4.69) is 0 Å². The number of rotatable bonds is 8. The monoisotopic (exact) mass is 314 g/mol. The van der Waals surface area contributed by atoms with Crippen molar-refractivity contribution in [2.45, 2.75) is 52.4 Å². The maximum Gasteiger partial charge on any atom is 2.00 e. The Hall–Kier alpha value is -1.20. The predicted octanol–water partition coefficient (Wildman–Crippen LogP) is -1.01. The van der Waals surface area contributed by atoms with Crippen molar-refractivity contribution in [2.75, 3.05) is 0 Å². The van der Waals surface area contributed by atoms with Gasteiger partial charge in [0.1, 0.15) is 11.6 Å². The number of carboxylic acid groups (broad SMARTS) is 2. The van der Waals surface area contributed by atoms with Gasteiger partial charge >= 0.3 is 17.1 Å². The van der Waals surface area contributed by atoms with Crippen LogP contribution in [0.2, 0.25) is 0 Å². The molecule has 0 fully saturated rings. The SMILES string of the molecule is CCCC(=O)CC(=O)[O-].CCCC(=O)CC(=O)[O-].[Fe+2]. The summed E-state index contributed by atoms with van der Waals surface area (Å²) in [6, 6.07) is 0. The summed E-state index contributed by atoms with van der Waals surface area (Å²) in [6.45, 7) is 3.65. The molecule has 0 aliphatic heterocycles. The van der Waals surface area contributed by atoms with Crippen LogP contribution in [0.5, 0.6) is 0 Å². The fourth-order valence-corrected chi connectivity index (χ4v) is 1.06. The van der Waals surface area contributed by atoms with Crippen LogP contribution < -0.4 is 10.2 Å². The molecule has 0 amide bonds. The van der Waals surface area contributed by atoms with Gasteiger partial charge in [0.25, 0.3) is 0 Å². The molecule has 0 heterocycles. The summed E-state index contributed by atoms with van der Waals surface area (Å²) >= 11 is 0. The van der Waals surface area contributed by atoms with Crippen molar-refractivity contribution in [1.29, 1.82) is 0 Å². The first-order chi connectivity index (χ1) is 8.33. The van der Waals surface area contributed by atoms with Crippen LogP contribution in [0.3, 0.4) is 0 Å². The maximum absolute atomic E-state index is 10.4. The minimum Gasteiger partial charge on any atom is -0.550 e. The van der Waals surface area contributed by atoms with Crippen molar-refractivity contribution in [3.8, 4) is 0 Å². The van der Waals surface area contributed by atoms with Gasteiger partial charge in [-0.3, -0.25) is 9.59 Å². The number of hydrogen-bond acceptors (Lipinski definition) is 6. The van der Waals surface area contributed by atoms with Crippen molar-refractivity contribution >= 4 is 23.5 Å². The van der Waals surface area contributed by atoms with E-state index in [9.17, 15) is 29.4 Å². The number of hydrogen-bond donors (Lipinski definition) is 0. The van der Waals surface area contributed by atoms with Crippen LogP contribution in [-0.2, 0) is 36.2 Å². The molecule has 0 radical (unpaired) electrons. The van der Waals surface area contributed by atoms with Gasteiger partial charge in [-0.05, 0) is 12.8 Å². The molecule has 0 rings (SSSR count). The fraction of sp³-hybridized carbons (Fsp3) is 0.667. The minimum absolute atomic E-state index is 0. The average Bonchev–Trinajstić information content (AvgIpc) is 2.16. The Balaban J connectivity index is -0.000000256. The molecule has 0 bridgehead atoms. The van der Waals surface area contributed by atoms with Gasteiger partial charge < -0.3 is 19.8 Å². The molecule has 0 saturated carbocycles. The normalized spacial score (nSPS) is 8.53. The van der Waals surface area contributed by atoms with Crippen molar-refractivity contribution in [1.82, 2.24) is 0 Å². The molecule has 0 N–H and O–H groups in total. The Morgan fingerprint density at radius 2 is 1.00 bits per heavy atom. The molecule has 0 aromatic heterocycles. The van der Waals surface area contributed by atoms with Crippen LogP contribution in [0.4, 0.5) is 0 Å². The van der Waals surface area contributed by atoms with Crippen molar-refractivity contribution < 1.29 is 46.5 Å².